The molecule has 32 heavy (non-hydrogen) atoms. The summed E-state index contributed by atoms with van der Waals surface area (Å²) in [5.41, 5.74) is 0.660. The lowest BCUT2D eigenvalue weighted by atomic mass is 9.99. The van der Waals surface area contributed by atoms with Crippen LogP contribution in [0.15, 0.2) is 23.2 Å². The number of phenolic OH excluding ortho intramolecular Hbond substituents is 2. The highest BCUT2D eigenvalue weighted by Gasteiger charge is 2.53. The van der Waals surface area contributed by atoms with Crippen LogP contribution in [0.1, 0.15) is 26.3 Å². The van der Waals surface area contributed by atoms with Gasteiger partial charge in [0.2, 0.25) is 0 Å². The maximum atomic E-state index is 11.8. The van der Waals surface area contributed by atoms with Gasteiger partial charge in [-0.25, -0.2) is 0 Å². The number of aliphatic imine (C=N–C) groups is 1. The van der Waals surface area contributed by atoms with Crippen molar-refractivity contribution < 1.29 is 43.5 Å². The van der Waals surface area contributed by atoms with Crippen LogP contribution < -0.4 is 5.32 Å². The zero-order valence-electron chi connectivity index (χ0n) is 17.6. The van der Waals surface area contributed by atoms with Crippen LogP contribution in [0.2, 0.25) is 0 Å². The first-order valence-corrected chi connectivity index (χ1v) is 10.6. The highest BCUT2D eigenvalue weighted by atomic mass is 32.2. The summed E-state index contributed by atoms with van der Waals surface area (Å²) in [5.74, 6) is -2.17. The first-order valence-electron chi connectivity index (χ1n) is 9.75. The van der Waals surface area contributed by atoms with Crippen molar-refractivity contribution in [3.63, 3.8) is 0 Å². The molecule has 2 aliphatic rings. The normalized spacial score (nSPS) is 27.8. The fraction of sp³-hybridized carbons (Fsp3) is 0.500. The SMILES string of the molecule is CC(=O)OC[C@H]1O[C@@H]2NC(=NCc3ccc(O)c(O)c3)S[C@@H]2[C@@H](OC(C)=O)[C@@H]1OC(C)=O. The minimum Gasteiger partial charge on any atom is -0.504 e. The molecular formula is C20H24N2O9S. The molecule has 2 fully saturated rings. The van der Waals surface area contributed by atoms with Gasteiger partial charge in [-0.1, -0.05) is 17.8 Å². The molecule has 2 heterocycles. The van der Waals surface area contributed by atoms with Crippen LogP contribution in [0.3, 0.4) is 0 Å². The standard InChI is InChI=1S/C20H24N2O9S/c1-9(23)28-8-15-16(29-10(2)24)17(30-11(3)25)18-19(31-15)22-20(32-18)21-7-12-4-5-13(26)14(27)6-12/h4-6,15-19,26-27H,7-8H2,1-3H3,(H,21,22)/t15-,16-,17+,18-,19+/m1/s1. The highest BCUT2D eigenvalue weighted by molar-refractivity contribution is 8.14. The summed E-state index contributed by atoms with van der Waals surface area (Å²) in [6.07, 6.45) is -3.38. The lowest BCUT2D eigenvalue weighted by Crippen LogP contribution is -2.61. The average Bonchev–Trinajstić information content (AvgIpc) is 3.11. The molecule has 0 spiro atoms. The lowest BCUT2D eigenvalue weighted by Gasteiger charge is -2.41. The third-order valence-corrected chi connectivity index (χ3v) is 5.91. The number of thioether (sulfide) groups is 1. The van der Waals surface area contributed by atoms with Gasteiger partial charge in [-0.05, 0) is 17.7 Å². The number of esters is 3. The Morgan fingerprint density at radius 1 is 1.06 bits per heavy atom. The van der Waals surface area contributed by atoms with Crippen LogP contribution in [-0.2, 0) is 39.9 Å². The second-order valence-corrected chi connectivity index (χ2v) is 8.38. The fourth-order valence-corrected chi connectivity index (χ4v) is 4.53. The summed E-state index contributed by atoms with van der Waals surface area (Å²) < 4.78 is 21.9. The molecule has 0 amide bonds. The fourth-order valence-electron chi connectivity index (χ4n) is 3.35. The number of hydrogen-bond acceptors (Lipinski definition) is 11. The van der Waals surface area contributed by atoms with Gasteiger partial charge < -0.3 is 34.5 Å². The van der Waals surface area contributed by atoms with E-state index >= 15 is 0 Å². The van der Waals surface area contributed by atoms with Crippen molar-refractivity contribution in [3.05, 3.63) is 23.8 Å². The molecule has 3 N–H and O–H groups in total. The number of fused-ring (bicyclic) bond motifs is 1. The maximum absolute atomic E-state index is 11.8. The molecule has 0 aliphatic carbocycles. The summed E-state index contributed by atoms with van der Waals surface area (Å²) in [6.45, 7) is 3.71. The molecule has 2 aliphatic heterocycles. The van der Waals surface area contributed by atoms with Crippen molar-refractivity contribution in [2.75, 3.05) is 6.61 Å². The Morgan fingerprint density at radius 2 is 1.75 bits per heavy atom. The van der Waals surface area contributed by atoms with E-state index in [4.69, 9.17) is 18.9 Å². The number of benzene rings is 1. The summed E-state index contributed by atoms with van der Waals surface area (Å²) in [7, 11) is 0. The number of nitrogens with zero attached hydrogens (tertiary/aromatic N) is 1. The Labute approximate surface area is 188 Å². The van der Waals surface area contributed by atoms with Gasteiger partial charge in [0.15, 0.2) is 28.9 Å². The van der Waals surface area contributed by atoms with Crippen molar-refractivity contribution in [3.8, 4) is 11.5 Å². The van der Waals surface area contributed by atoms with Gasteiger partial charge >= 0.3 is 17.9 Å². The van der Waals surface area contributed by atoms with E-state index in [0.717, 1.165) is 0 Å². The molecule has 5 atom stereocenters. The predicted octanol–water partition coefficient (Wildman–Crippen LogP) is 0.810. The molecule has 1 aromatic rings. The average molecular weight is 468 g/mol. The molecular weight excluding hydrogens is 444 g/mol. The van der Waals surface area contributed by atoms with Gasteiger partial charge in [-0.3, -0.25) is 19.4 Å². The minimum absolute atomic E-state index is 0.195. The second kappa shape index (κ2) is 10.1. The lowest BCUT2D eigenvalue weighted by molar-refractivity contribution is -0.213. The largest absolute Gasteiger partial charge is 0.504 e. The highest BCUT2D eigenvalue weighted by Crippen LogP contribution is 2.37. The smallest absolute Gasteiger partial charge is 0.303 e. The van der Waals surface area contributed by atoms with E-state index in [1.807, 2.05) is 0 Å². The third-order valence-electron chi connectivity index (χ3n) is 4.65. The molecule has 0 saturated carbocycles. The van der Waals surface area contributed by atoms with Gasteiger partial charge in [-0.15, -0.1) is 0 Å². The molecule has 0 bridgehead atoms. The van der Waals surface area contributed by atoms with Crippen molar-refractivity contribution in [1.82, 2.24) is 5.32 Å². The zero-order chi connectivity index (χ0) is 23.4. The van der Waals surface area contributed by atoms with Crippen LogP contribution in [0, 0.1) is 0 Å². The van der Waals surface area contributed by atoms with E-state index < -0.39 is 47.7 Å². The van der Waals surface area contributed by atoms with Crippen LogP contribution in [0.4, 0.5) is 0 Å². The Bertz CT molecular complexity index is 922. The van der Waals surface area contributed by atoms with E-state index in [9.17, 15) is 24.6 Å². The van der Waals surface area contributed by atoms with E-state index in [1.54, 1.807) is 6.07 Å². The first-order chi connectivity index (χ1) is 15.1. The number of hydrogen-bond donors (Lipinski definition) is 3. The molecule has 0 unspecified atom stereocenters. The number of carbonyl (C=O) groups excluding carboxylic acids is 3. The molecule has 1 aromatic carbocycles. The van der Waals surface area contributed by atoms with E-state index in [-0.39, 0.29) is 24.7 Å². The Hall–Kier alpha value is -2.99. The van der Waals surface area contributed by atoms with Gasteiger partial charge in [0.05, 0.1) is 11.8 Å². The van der Waals surface area contributed by atoms with Crippen LogP contribution in [0.25, 0.3) is 0 Å². The van der Waals surface area contributed by atoms with Crippen molar-refractivity contribution in [1.29, 1.82) is 0 Å². The van der Waals surface area contributed by atoms with Gasteiger partial charge in [0.25, 0.3) is 0 Å². The molecule has 0 radical (unpaired) electrons. The number of aromatic hydroxyl groups is 2. The van der Waals surface area contributed by atoms with Crippen LogP contribution in [-0.4, -0.2) is 69.7 Å². The summed E-state index contributed by atoms with van der Waals surface area (Å²) in [6, 6.07) is 4.38. The molecule has 11 nitrogen and oxygen atoms in total. The molecule has 12 heteroatoms. The zero-order valence-corrected chi connectivity index (χ0v) is 18.5. The number of phenols is 2. The minimum atomic E-state index is -0.986. The Morgan fingerprint density at radius 3 is 2.38 bits per heavy atom. The second-order valence-electron chi connectivity index (χ2n) is 7.22. The summed E-state index contributed by atoms with van der Waals surface area (Å²) in [4.78, 5) is 39.2. The monoisotopic (exact) mass is 468 g/mol. The van der Waals surface area contributed by atoms with Crippen LogP contribution >= 0.6 is 11.8 Å². The number of carbonyl (C=O) groups is 3. The van der Waals surface area contributed by atoms with Gasteiger partial charge in [0.1, 0.15) is 18.9 Å². The van der Waals surface area contributed by atoms with Gasteiger partial charge in [-0.2, -0.15) is 0 Å². The first kappa shape index (κ1) is 23.7. The quantitative estimate of drug-likeness (QED) is 0.309. The van der Waals surface area contributed by atoms with E-state index in [2.05, 4.69) is 10.3 Å². The predicted molar refractivity (Wildman–Crippen MR) is 112 cm³/mol. The van der Waals surface area contributed by atoms with Crippen molar-refractivity contribution in [2.45, 2.75) is 57.1 Å². The maximum Gasteiger partial charge on any atom is 0.303 e. The number of amidine groups is 1. The molecule has 174 valence electrons. The number of rotatable bonds is 6. The van der Waals surface area contributed by atoms with Gasteiger partial charge in [0, 0.05) is 20.8 Å². The Kier molecular flexibility index (Phi) is 7.46. The van der Waals surface area contributed by atoms with Crippen molar-refractivity contribution >= 4 is 34.8 Å². The summed E-state index contributed by atoms with van der Waals surface area (Å²) in [5, 5.41) is 22.2. The topological polar surface area (TPSA) is 153 Å². The third kappa shape index (κ3) is 5.82. The van der Waals surface area contributed by atoms with E-state index in [0.29, 0.717) is 10.7 Å². The van der Waals surface area contributed by atoms with E-state index in [1.165, 1.54) is 44.7 Å². The molecule has 3 rings (SSSR count). The molecule has 2 saturated heterocycles. The van der Waals surface area contributed by atoms with Crippen LogP contribution in [0.5, 0.6) is 11.5 Å². The molecule has 0 aromatic heterocycles. The summed E-state index contributed by atoms with van der Waals surface area (Å²) >= 11 is 1.25. The number of ether oxygens (including phenoxy) is 4. The van der Waals surface area contributed by atoms with Crippen molar-refractivity contribution in [2.24, 2.45) is 4.99 Å². The Balaban J connectivity index is 1.81. The number of nitrogens with one attached hydrogen (secondary N) is 1.